The maximum Gasteiger partial charge on any atom is 0.410 e. The van der Waals surface area contributed by atoms with E-state index < -0.39 is 29.8 Å². The van der Waals surface area contributed by atoms with Gasteiger partial charge in [0.15, 0.2) is 0 Å². The third-order valence-electron chi connectivity index (χ3n) is 5.68. The van der Waals surface area contributed by atoms with E-state index in [2.05, 4.69) is 11.2 Å². The van der Waals surface area contributed by atoms with Gasteiger partial charge in [-0.1, -0.05) is 19.8 Å². The first-order chi connectivity index (χ1) is 14.5. The molecule has 0 radical (unpaired) electrons. The molecule has 8 heteroatoms. The van der Waals surface area contributed by atoms with Gasteiger partial charge >= 0.3 is 18.2 Å². The summed E-state index contributed by atoms with van der Waals surface area (Å²) in [4.78, 5) is 39.1. The standard InChI is InChI=1S/C23H36N2O6/c1-8-15-13-16-18(25(15)22(28)29-7)10-9-11-19(16)30-20(26)17(12-14(2)3)24-21(27)31-23(4,5)6/h1,14-19H,9-13H2,2-7H3,(H,24,27)/t15?,16-,17?,18-,19+/m1/s1. The number of carbonyl (C=O) groups is 3. The van der Waals surface area contributed by atoms with E-state index in [1.807, 2.05) is 13.8 Å². The summed E-state index contributed by atoms with van der Waals surface area (Å²) in [6.45, 7) is 9.23. The Morgan fingerprint density at radius 1 is 1.23 bits per heavy atom. The topological polar surface area (TPSA) is 94.2 Å². The van der Waals surface area contributed by atoms with Crippen LogP contribution in [0.1, 0.15) is 66.7 Å². The molecule has 1 saturated carbocycles. The summed E-state index contributed by atoms with van der Waals surface area (Å²) in [7, 11) is 1.34. The summed E-state index contributed by atoms with van der Waals surface area (Å²) in [5.41, 5.74) is -0.668. The third-order valence-corrected chi connectivity index (χ3v) is 5.68. The number of hydrogen-bond acceptors (Lipinski definition) is 6. The molecule has 2 rings (SSSR count). The molecule has 0 aromatic rings. The van der Waals surface area contributed by atoms with Gasteiger partial charge < -0.3 is 19.5 Å². The highest BCUT2D eigenvalue weighted by molar-refractivity contribution is 5.81. The molecule has 0 aromatic heterocycles. The molecule has 2 fully saturated rings. The number of esters is 1. The molecule has 174 valence electrons. The second-order valence-electron chi connectivity index (χ2n) is 9.76. The van der Waals surface area contributed by atoms with Crippen molar-refractivity contribution in [1.82, 2.24) is 10.2 Å². The Morgan fingerprint density at radius 2 is 1.90 bits per heavy atom. The van der Waals surface area contributed by atoms with E-state index in [1.54, 1.807) is 25.7 Å². The third kappa shape index (κ3) is 6.52. The van der Waals surface area contributed by atoms with Crippen LogP contribution in [0.3, 0.4) is 0 Å². The molecule has 1 saturated heterocycles. The largest absolute Gasteiger partial charge is 0.460 e. The summed E-state index contributed by atoms with van der Waals surface area (Å²) in [6.07, 6.45) is 7.46. The van der Waals surface area contributed by atoms with Gasteiger partial charge in [-0.25, -0.2) is 14.4 Å². The Balaban J connectivity index is 2.11. The number of nitrogens with zero attached hydrogens (tertiary/aromatic N) is 1. The summed E-state index contributed by atoms with van der Waals surface area (Å²) in [5, 5.41) is 2.66. The van der Waals surface area contributed by atoms with Gasteiger partial charge in [-0.2, -0.15) is 0 Å². The van der Waals surface area contributed by atoms with Gasteiger partial charge in [-0.15, -0.1) is 6.42 Å². The fourth-order valence-corrected chi connectivity index (χ4v) is 4.49. The normalized spacial score (nSPS) is 26.5. The smallest absolute Gasteiger partial charge is 0.410 e. The average Bonchev–Trinajstić information content (AvgIpc) is 3.04. The maximum atomic E-state index is 13.0. The molecule has 5 atom stereocenters. The molecule has 2 aliphatic rings. The minimum Gasteiger partial charge on any atom is -0.460 e. The summed E-state index contributed by atoms with van der Waals surface area (Å²) < 4.78 is 16.1. The number of alkyl carbamates (subject to hydrolysis) is 1. The molecule has 0 spiro atoms. The van der Waals surface area contributed by atoms with Crippen molar-refractivity contribution >= 4 is 18.2 Å². The van der Waals surface area contributed by atoms with Gasteiger partial charge in [-0.05, 0) is 58.8 Å². The fourth-order valence-electron chi connectivity index (χ4n) is 4.49. The minimum atomic E-state index is -0.809. The molecule has 0 aromatic carbocycles. The second kappa shape index (κ2) is 10.3. The predicted molar refractivity (Wildman–Crippen MR) is 115 cm³/mol. The first kappa shape index (κ1) is 24.8. The van der Waals surface area contributed by atoms with Crippen LogP contribution in [0.25, 0.3) is 0 Å². The molecule has 2 amide bonds. The Kier molecular flexibility index (Phi) is 8.21. The molecule has 1 heterocycles. The van der Waals surface area contributed by atoms with Gasteiger partial charge in [0.25, 0.3) is 0 Å². The molecule has 0 bridgehead atoms. The van der Waals surface area contributed by atoms with Crippen molar-refractivity contribution in [3.05, 3.63) is 0 Å². The van der Waals surface area contributed by atoms with E-state index in [-0.39, 0.29) is 30.0 Å². The number of fused-ring (bicyclic) bond motifs is 1. The van der Waals surface area contributed by atoms with Crippen molar-refractivity contribution in [3.63, 3.8) is 0 Å². The highest BCUT2D eigenvalue weighted by Crippen LogP contribution is 2.41. The molecule has 1 aliphatic heterocycles. The molecule has 8 nitrogen and oxygen atoms in total. The number of carbonyl (C=O) groups excluding carboxylic acids is 3. The van der Waals surface area contributed by atoms with Crippen LogP contribution in [0.5, 0.6) is 0 Å². The van der Waals surface area contributed by atoms with Gasteiger partial charge in [0.05, 0.1) is 13.2 Å². The molecule has 1 N–H and O–H groups in total. The molecule has 2 unspecified atom stereocenters. The van der Waals surface area contributed by atoms with E-state index in [0.29, 0.717) is 19.3 Å². The molecular weight excluding hydrogens is 400 g/mol. The number of rotatable bonds is 5. The Bertz CT molecular complexity index is 708. The Hall–Kier alpha value is -2.43. The summed E-state index contributed by atoms with van der Waals surface area (Å²) in [5.74, 6) is 2.29. The number of ether oxygens (including phenoxy) is 3. The lowest BCUT2D eigenvalue weighted by molar-refractivity contribution is -0.157. The van der Waals surface area contributed by atoms with E-state index in [1.165, 1.54) is 7.11 Å². The van der Waals surface area contributed by atoms with Gasteiger partial charge in [0.2, 0.25) is 0 Å². The van der Waals surface area contributed by atoms with Gasteiger partial charge in [0.1, 0.15) is 17.7 Å². The zero-order valence-corrected chi connectivity index (χ0v) is 19.5. The predicted octanol–water partition coefficient (Wildman–Crippen LogP) is 3.48. The minimum absolute atomic E-state index is 0.0564. The number of hydrogen-bond donors (Lipinski definition) is 1. The summed E-state index contributed by atoms with van der Waals surface area (Å²) in [6, 6.07) is -1.31. The molecule has 1 aliphatic carbocycles. The fraction of sp³-hybridized carbons (Fsp3) is 0.783. The van der Waals surface area contributed by atoms with Crippen LogP contribution in [-0.4, -0.2) is 60.0 Å². The Morgan fingerprint density at radius 3 is 2.45 bits per heavy atom. The summed E-state index contributed by atoms with van der Waals surface area (Å²) >= 11 is 0. The lowest BCUT2D eigenvalue weighted by Gasteiger charge is -2.36. The van der Waals surface area contributed by atoms with Crippen LogP contribution < -0.4 is 5.32 Å². The van der Waals surface area contributed by atoms with E-state index in [9.17, 15) is 14.4 Å². The molecule has 31 heavy (non-hydrogen) atoms. The SMILES string of the molecule is C#CC1C[C@H]2[C@@H](OC(=O)C(CC(C)C)NC(=O)OC(C)(C)C)CCC[C@H]2N1C(=O)OC. The van der Waals surface area contributed by atoms with E-state index >= 15 is 0 Å². The maximum absolute atomic E-state index is 13.0. The number of methoxy groups -OCH3 is 1. The number of amides is 2. The van der Waals surface area contributed by atoms with Crippen LogP contribution in [0.2, 0.25) is 0 Å². The Labute approximate surface area is 185 Å². The zero-order chi connectivity index (χ0) is 23.3. The van der Waals surface area contributed by atoms with Crippen LogP contribution in [-0.2, 0) is 19.0 Å². The van der Waals surface area contributed by atoms with Crippen LogP contribution >= 0.6 is 0 Å². The van der Waals surface area contributed by atoms with Crippen molar-refractivity contribution < 1.29 is 28.6 Å². The van der Waals surface area contributed by atoms with Crippen molar-refractivity contribution in [2.45, 2.75) is 96.6 Å². The van der Waals surface area contributed by atoms with Crippen LogP contribution in [0.4, 0.5) is 9.59 Å². The van der Waals surface area contributed by atoms with Crippen molar-refractivity contribution in [2.24, 2.45) is 11.8 Å². The second-order valence-corrected chi connectivity index (χ2v) is 9.76. The highest BCUT2D eigenvalue weighted by atomic mass is 16.6. The molecular formula is C23H36N2O6. The number of terminal acetylenes is 1. The van der Waals surface area contributed by atoms with Gasteiger partial charge in [0, 0.05) is 12.0 Å². The van der Waals surface area contributed by atoms with Crippen LogP contribution in [0.15, 0.2) is 0 Å². The van der Waals surface area contributed by atoms with Gasteiger partial charge in [-0.3, -0.25) is 4.90 Å². The van der Waals surface area contributed by atoms with Crippen LogP contribution in [0, 0.1) is 24.2 Å². The number of nitrogens with one attached hydrogen (secondary N) is 1. The average molecular weight is 437 g/mol. The highest BCUT2D eigenvalue weighted by Gasteiger charge is 2.50. The van der Waals surface area contributed by atoms with Crippen molar-refractivity contribution in [3.8, 4) is 12.3 Å². The lowest BCUT2D eigenvalue weighted by atomic mass is 9.82. The van der Waals surface area contributed by atoms with E-state index in [4.69, 9.17) is 20.6 Å². The zero-order valence-electron chi connectivity index (χ0n) is 19.5. The first-order valence-electron chi connectivity index (χ1n) is 11.0. The first-order valence-corrected chi connectivity index (χ1v) is 11.0. The van der Waals surface area contributed by atoms with E-state index in [0.717, 1.165) is 12.8 Å². The monoisotopic (exact) mass is 436 g/mol. The quantitative estimate of drug-likeness (QED) is 0.403. The number of likely N-dealkylation sites (tertiary alicyclic amines) is 1. The lowest BCUT2D eigenvalue weighted by Crippen LogP contribution is -2.49. The van der Waals surface area contributed by atoms with Crippen molar-refractivity contribution in [2.75, 3.05) is 7.11 Å². The van der Waals surface area contributed by atoms with Crippen molar-refractivity contribution in [1.29, 1.82) is 0 Å².